The van der Waals surface area contributed by atoms with E-state index in [0.29, 0.717) is 11.3 Å². The number of Topliss-reactive ketones (excluding diaryl/α,β-unsaturated/α-hetero) is 1. The Balaban J connectivity index is 2.25. The molecule has 102 valence electrons. The van der Waals surface area contributed by atoms with Gasteiger partial charge in [-0.1, -0.05) is 12.1 Å². The average molecular weight is 381 g/mol. The highest BCUT2D eigenvalue weighted by atomic mass is 127. The molecule has 5 heteroatoms. The lowest BCUT2D eigenvalue weighted by Crippen LogP contribution is -2.12. The zero-order chi connectivity index (χ0) is 14.7. The second kappa shape index (κ2) is 6.04. The Morgan fingerprint density at radius 1 is 1.15 bits per heavy atom. The summed E-state index contributed by atoms with van der Waals surface area (Å²) in [5.74, 6) is -0.564. The number of hydrogen-bond donors (Lipinski definition) is 2. The standard InChI is InChI=1S/C15H12INO3/c1-9(18)10-3-2-4-12(7-10)17-15(20)13-8-11(16)5-6-14(13)19/h2-8,19H,1H3,(H,17,20). The molecule has 0 saturated carbocycles. The summed E-state index contributed by atoms with van der Waals surface area (Å²) in [6.07, 6.45) is 0. The number of anilines is 1. The van der Waals surface area contributed by atoms with Crippen molar-refractivity contribution in [3.05, 3.63) is 57.2 Å². The molecule has 0 spiro atoms. The van der Waals surface area contributed by atoms with Gasteiger partial charge in [0, 0.05) is 14.8 Å². The molecule has 2 aromatic carbocycles. The first kappa shape index (κ1) is 14.5. The van der Waals surface area contributed by atoms with Crippen molar-refractivity contribution < 1.29 is 14.7 Å². The van der Waals surface area contributed by atoms with Crippen molar-refractivity contribution in [2.75, 3.05) is 5.32 Å². The number of amides is 1. The number of phenols is 1. The van der Waals surface area contributed by atoms with Gasteiger partial charge in [-0.3, -0.25) is 9.59 Å². The van der Waals surface area contributed by atoms with E-state index in [-0.39, 0.29) is 17.1 Å². The number of phenolic OH excluding ortho intramolecular Hbond substituents is 1. The first-order valence-electron chi connectivity index (χ1n) is 5.88. The van der Waals surface area contributed by atoms with Crippen LogP contribution >= 0.6 is 22.6 Å². The molecule has 0 saturated heterocycles. The largest absolute Gasteiger partial charge is 0.507 e. The summed E-state index contributed by atoms with van der Waals surface area (Å²) in [6, 6.07) is 11.5. The van der Waals surface area contributed by atoms with E-state index < -0.39 is 5.91 Å². The van der Waals surface area contributed by atoms with Gasteiger partial charge in [-0.05, 0) is 59.8 Å². The van der Waals surface area contributed by atoms with Gasteiger partial charge in [0.1, 0.15) is 5.75 Å². The van der Waals surface area contributed by atoms with Gasteiger partial charge >= 0.3 is 0 Å². The predicted octanol–water partition coefficient (Wildman–Crippen LogP) is 3.45. The maximum absolute atomic E-state index is 12.1. The molecule has 0 aliphatic heterocycles. The van der Waals surface area contributed by atoms with Gasteiger partial charge in [0.2, 0.25) is 0 Å². The summed E-state index contributed by atoms with van der Waals surface area (Å²) in [5, 5.41) is 12.4. The summed E-state index contributed by atoms with van der Waals surface area (Å²) in [5.41, 5.74) is 1.24. The van der Waals surface area contributed by atoms with Gasteiger partial charge < -0.3 is 10.4 Å². The van der Waals surface area contributed by atoms with Crippen molar-refractivity contribution in [1.82, 2.24) is 0 Å². The van der Waals surface area contributed by atoms with E-state index in [0.717, 1.165) is 3.57 Å². The van der Waals surface area contributed by atoms with Crippen molar-refractivity contribution in [3.8, 4) is 5.75 Å². The van der Waals surface area contributed by atoms with E-state index in [2.05, 4.69) is 27.9 Å². The maximum Gasteiger partial charge on any atom is 0.259 e. The van der Waals surface area contributed by atoms with Gasteiger partial charge in [-0.15, -0.1) is 0 Å². The minimum Gasteiger partial charge on any atom is -0.507 e. The molecular weight excluding hydrogens is 369 g/mol. The van der Waals surface area contributed by atoms with E-state index in [4.69, 9.17) is 0 Å². The van der Waals surface area contributed by atoms with E-state index in [1.165, 1.54) is 13.0 Å². The highest BCUT2D eigenvalue weighted by molar-refractivity contribution is 14.1. The molecule has 0 aliphatic rings. The second-order valence-corrected chi connectivity index (χ2v) is 5.50. The number of aromatic hydroxyl groups is 1. The molecule has 2 N–H and O–H groups in total. The molecule has 2 aromatic rings. The zero-order valence-electron chi connectivity index (χ0n) is 10.7. The van der Waals surface area contributed by atoms with Crippen LogP contribution in [0.25, 0.3) is 0 Å². The normalized spacial score (nSPS) is 10.1. The van der Waals surface area contributed by atoms with Crippen molar-refractivity contribution in [2.24, 2.45) is 0 Å². The lowest BCUT2D eigenvalue weighted by atomic mass is 10.1. The predicted molar refractivity (Wildman–Crippen MR) is 85.2 cm³/mol. The second-order valence-electron chi connectivity index (χ2n) is 4.25. The molecule has 0 aromatic heterocycles. The van der Waals surface area contributed by atoms with Crippen LogP contribution < -0.4 is 5.32 Å². The quantitative estimate of drug-likeness (QED) is 0.632. The Hall–Kier alpha value is -1.89. The molecule has 0 unspecified atom stereocenters. The topological polar surface area (TPSA) is 66.4 Å². The van der Waals surface area contributed by atoms with Gasteiger partial charge in [0.05, 0.1) is 5.56 Å². The van der Waals surface area contributed by atoms with Crippen molar-refractivity contribution in [2.45, 2.75) is 6.92 Å². The fraction of sp³-hybridized carbons (Fsp3) is 0.0667. The van der Waals surface area contributed by atoms with Crippen LogP contribution in [0.4, 0.5) is 5.69 Å². The molecule has 2 rings (SSSR count). The molecular formula is C15H12INO3. The Kier molecular flexibility index (Phi) is 4.39. The number of carbonyl (C=O) groups excluding carboxylic acids is 2. The summed E-state index contributed by atoms with van der Waals surface area (Å²) < 4.78 is 0.850. The van der Waals surface area contributed by atoms with Gasteiger partial charge in [-0.2, -0.15) is 0 Å². The fourth-order valence-corrected chi connectivity index (χ4v) is 2.20. The number of hydrogen-bond acceptors (Lipinski definition) is 3. The smallest absolute Gasteiger partial charge is 0.259 e. The minimum atomic E-state index is -0.415. The fourth-order valence-electron chi connectivity index (χ4n) is 1.70. The monoisotopic (exact) mass is 381 g/mol. The molecule has 1 amide bonds. The molecule has 4 nitrogen and oxygen atoms in total. The molecule has 0 fully saturated rings. The summed E-state index contributed by atoms with van der Waals surface area (Å²) in [6.45, 7) is 1.46. The van der Waals surface area contributed by atoms with E-state index in [1.54, 1.807) is 36.4 Å². The Morgan fingerprint density at radius 3 is 2.60 bits per heavy atom. The minimum absolute atomic E-state index is 0.0711. The van der Waals surface area contributed by atoms with Crippen LogP contribution in [0.1, 0.15) is 27.6 Å². The lowest BCUT2D eigenvalue weighted by Gasteiger charge is -2.08. The first-order chi connectivity index (χ1) is 9.47. The molecule has 0 atom stereocenters. The van der Waals surface area contributed by atoms with Crippen LogP contribution in [-0.4, -0.2) is 16.8 Å². The number of carbonyl (C=O) groups is 2. The summed E-state index contributed by atoms with van der Waals surface area (Å²) in [4.78, 5) is 23.4. The van der Waals surface area contributed by atoms with Crippen LogP contribution in [0, 0.1) is 3.57 Å². The molecule has 0 bridgehead atoms. The molecule has 0 radical (unpaired) electrons. The van der Waals surface area contributed by atoms with Crippen molar-refractivity contribution >= 4 is 40.0 Å². The summed E-state index contributed by atoms with van der Waals surface area (Å²) in [7, 11) is 0. The Bertz CT molecular complexity index is 683. The van der Waals surface area contributed by atoms with E-state index in [1.807, 2.05) is 0 Å². The number of rotatable bonds is 3. The van der Waals surface area contributed by atoms with Crippen molar-refractivity contribution in [3.63, 3.8) is 0 Å². The SMILES string of the molecule is CC(=O)c1cccc(NC(=O)c2cc(I)ccc2O)c1. The van der Waals surface area contributed by atoms with Gasteiger partial charge in [0.15, 0.2) is 5.78 Å². The average Bonchev–Trinajstić information content (AvgIpc) is 2.41. The Labute approximate surface area is 130 Å². The van der Waals surface area contributed by atoms with Crippen molar-refractivity contribution in [1.29, 1.82) is 0 Å². The third kappa shape index (κ3) is 3.36. The number of ketones is 1. The third-order valence-corrected chi connectivity index (χ3v) is 3.40. The van der Waals surface area contributed by atoms with Gasteiger partial charge in [-0.25, -0.2) is 0 Å². The number of nitrogens with one attached hydrogen (secondary N) is 1. The van der Waals surface area contributed by atoms with Crippen LogP contribution in [-0.2, 0) is 0 Å². The third-order valence-electron chi connectivity index (χ3n) is 2.73. The lowest BCUT2D eigenvalue weighted by molar-refractivity contribution is 0.101. The van der Waals surface area contributed by atoms with E-state index >= 15 is 0 Å². The Morgan fingerprint density at radius 2 is 1.90 bits per heavy atom. The maximum atomic E-state index is 12.1. The highest BCUT2D eigenvalue weighted by Crippen LogP contribution is 2.21. The number of benzene rings is 2. The first-order valence-corrected chi connectivity index (χ1v) is 6.96. The molecule has 20 heavy (non-hydrogen) atoms. The zero-order valence-corrected chi connectivity index (χ0v) is 12.8. The van der Waals surface area contributed by atoms with Crippen LogP contribution in [0.2, 0.25) is 0 Å². The van der Waals surface area contributed by atoms with Crippen LogP contribution in [0.5, 0.6) is 5.75 Å². The van der Waals surface area contributed by atoms with Crippen LogP contribution in [0.3, 0.4) is 0 Å². The van der Waals surface area contributed by atoms with E-state index in [9.17, 15) is 14.7 Å². The van der Waals surface area contributed by atoms with Crippen LogP contribution in [0.15, 0.2) is 42.5 Å². The summed E-state index contributed by atoms with van der Waals surface area (Å²) >= 11 is 2.06. The highest BCUT2D eigenvalue weighted by Gasteiger charge is 2.12. The molecule has 0 heterocycles. The molecule has 0 aliphatic carbocycles. The number of halogens is 1. The van der Waals surface area contributed by atoms with Gasteiger partial charge in [0.25, 0.3) is 5.91 Å².